The minimum absolute atomic E-state index is 0. The first-order chi connectivity index (χ1) is 14.1. The average Bonchev–Trinajstić information content (AvgIpc) is 3.50. The summed E-state index contributed by atoms with van der Waals surface area (Å²) in [5, 5.41) is 12.8. The van der Waals surface area contributed by atoms with Gasteiger partial charge in [-0.05, 0) is 62.4 Å². The molecule has 0 amide bonds. The predicted molar refractivity (Wildman–Crippen MR) is 129 cm³/mol. The van der Waals surface area contributed by atoms with E-state index < -0.39 is 5.97 Å². The Kier molecular flexibility index (Phi) is 9.51. The number of likely N-dealkylation sites (tertiary alicyclic amines) is 1. The molecule has 1 saturated heterocycles. The van der Waals surface area contributed by atoms with Crippen LogP contribution in [-0.4, -0.2) is 46.1 Å². The van der Waals surface area contributed by atoms with Gasteiger partial charge in [0, 0.05) is 24.8 Å². The number of carbonyl (C=O) groups is 1. The number of aromatic nitrogens is 1. The quantitative estimate of drug-likeness (QED) is 0.624. The van der Waals surface area contributed by atoms with Gasteiger partial charge in [0.25, 0.3) is 0 Å². The summed E-state index contributed by atoms with van der Waals surface area (Å²) in [6.45, 7) is 5.22. The molecule has 1 aliphatic heterocycles. The average molecular weight is 464 g/mol. The first kappa shape index (κ1) is 25.3. The molecule has 1 aromatic heterocycles. The van der Waals surface area contributed by atoms with E-state index in [1.807, 2.05) is 6.07 Å². The lowest BCUT2D eigenvalue weighted by molar-refractivity contribution is 0.0690. The van der Waals surface area contributed by atoms with Gasteiger partial charge in [-0.25, -0.2) is 9.78 Å². The number of hydrogen-bond acceptors (Lipinski definition) is 4. The third kappa shape index (κ3) is 7.04. The highest BCUT2D eigenvalue weighted by Crippen LogP contribution is 2.38. The molecule has 4 rings (SSSR count). The molecule has 1 aliphatic carbocycles. The molecule has 2 aromatic rings. The van der Waals surface area contributed by atoms with Gasteiger partial charge in [0.15, 0.2) is 0 Å². The topological polar surface area (TPSA) is 65.5 Å². The molecular weight excluding hydrogens is 433 g/mol. The van der Waals surface area contributed by atoms with Crippen molar-refractivity contribution in [1.29, 1.82) is 0 Å². The van der Waals surface area contributed by atoms with Crippen LogP contribution in [0.5, 0.6) is 0 Å². The molecule has 0 radical (unpaired) electrons. The second-order valence-corrected chi connectivity index (χ2v) is 8.32. The van der Waals surface area contributed by atoms with Crippen molar-refractivity contribution in [2.24, 2.45) is 5.92 Å². The molecular formula is C24H31Cl2N3O2. The third-order valence-corrected chi connectivity index (χ3v) is 6.06. The number of piperidine rings is 1. The molecule has 7 heteroatoms. The number of benzene rings is 1. The predicted octanol–water partition coefficient (Wildman–Crippen LogP) is 4.67. The number of rotatable bonds is 7. The van der Waals surface area contributed by atoms with Crippen LogP contribution in [0.4, 0.5) is 0 Å². The maximum Gasteiger partial charge on any atom is 0.354 e. The van der Waals surface area contributed by atoms with E-state index in [0.717, 1.165) is 38.0 Å². The van der Waals surface area contributed by atoms with Gasteiger partial charge in [0.1, 0.15) is 5.69 Å². The number of pyridine rings is 1. The van der Waals surface area contributed by atoms with E-state index in [0.29, 0.717) is 18.0 Å². The van der Waals surface area contributed by atoms with Crippen molar-refractivity contribution in [3.63, 3.8) is 0 Å². The molecule has 2 atom stereocenters. The Labute approximate surface area is 196 Å². The van der Waals surface area contributed by atoms with Gasteiger partial charge in [-0.2, -0.15) is 0 Å². The number of nitrogens with one attached hydrogen (secondary N) is 1. The fourth-order valence-corrected chi connectivity index (χ4v) is 4.26. The van der Waals surface area contributed by atoms with Crippen LogP contribution in [0.1, 0.15) is 47.8 Å². The Morgan fingerprint density at radius 1 is 1.16 bits per heavy atom. The molecule has 0 unspecified atom stereocenters. The summed E-state index contributed by atoms with van der Waals surface area (Å²) in [5.74, 6) is -0.303. The van der Waals surface area contributed by atoms with E-state index in [-0.39, 0.29) is 30.5 Å². The van der Waals surface area contributed by atoms with E-state index in [1.54, 1.807) is 12.3 Å². The van der Waals surface area contributed by atoms with Gasteiger partial charge in [-0.15, -0.1) is 24.8 Å². The zero-order valence-corrected chi connectivity index (χ0v) is 19.4. The fourth-order valence-electron chi connectivity index (χ4n) is 4.26. The van der Waals surface area contributed by atoms with Crippen molar-refractivity contribution in [2.45, 2.75) is 44.8 Å². The van der Waals surface area contributed by atoms with Crippen LogP contribution >= 0.6 is 24.8 Å². The minimum atomic E-state index is -0.976. The van der Waals surface area contributed by atoms with Crippen molar-refractivity contribution in [3.05, 3.63) is 71.1 Å². The molecule has 2 fully saturated rings. The maximum atomic E-state index is 10.9. The van der Waals surface area contributed by atoms with E-state index in [1.165, 1.54) is 17.6 Å². The van der Waals surface area contributed by atoms with Gasteiger partial charge in [0.05, 0.1) is 0 Å². The van der Waals surface area contributed by atoms with Crippen LogP contribution in [-0.2, 0) is 6.54 Å². The maximum absolute atomic E-state index is 10.9. The summed E-state index contributed by atoms with van der Waals surface area (Å²) >= 11 is 0. The number of aromatic carboxylic acids is 1. The Morgan fingerprint density at radius 3 is 2.48 bits per heavy atom. The van der Waals surface area contributed by atoms with Crippen LogP contribution in [0.2, 0.25) is 0 Å². The molecule has 2 N–H and O–H groups in total. The monoisotopic (exact) mass is 463 g/mol. The second-order valence-electron chi connectivity index (χ2n) is 8.32. The lowest BCUT2D eigenvalue weighted by Gasteiger charge is -2.32. The van der Waals surface area contributed by atoms with Crippen molar-refractivity contribution in [1.82, 2.24) is 15.2 Å². The van der Waals surface area contributed by atoms with E-state index in [4.69, 9.17) is 5.11 Å². The summed E-state index contributed by atoms with van der Waals surface area (Å²) in [6, 6.07) is 15.2. The summed E-state index contributed by atoms with van der Waals surface area (Å²) < 4.78 is 0. The normalized spacial score (nSPS) is 21.6. The van der Waals surface area contributed by atoms with E-state index in [9.17, 15) is 4.79 Å². The Bertz CT molecular complexity index is 866. The van der Waals surface area contributed by atoms with Gasteiger partial charge < -0.3 is 10.4 Å². The van der Waals surface area contributed by atoms with E-state index >= 15 is 0 Å². The second kappa shape index (κ2) is 11.6. The standard InChI is InChI=1S/C24H29N3O2.2ClH/c1-17(13-18-5-3-2-4-6-18)21-14-23(21)26-20-9-11-27(12-10-20)16-19-7-8-22(24(28)29)25-15-19;;/h2-8,13,15,20-21,23,26H,9-12,14,16H2,1H3,(H,28,29);2*1H/b17-13+;;/t21-,23+;;/m0../s1. The lowest BCUT2D eigenvalue weighted by Crippen LogP contribution is -2.43. The lowest BCUT2D eigenvalue weighted by atomic mass is 10.0. The summed E-state index contributed by atoms with van der Waals surface area (Å²) in [5.41, 5.74) is 3.94. The van der Waals surface area contributed by atoms with Crippen molar-refractivity contribution in [2.75, 3.05) is 13.1 Å². The first-order valence-corrected chi connectivity index (χ1v) is 10.5. The number of halogens is 2. The molecule has 2 heterocycles. The molecule has 1 aromatic carbocycles. The fraction of sp³-hybridized carbons (Fsp3) is 0.417. The summed E-state index contributed by atoms with van der Waals surface area (Å²) in [6.07, 6.45) is 7.57. The molecule has 1 saturated carbocycles. The van der Waals surface area contributed by atoms with Gasteiger partial charge in [-0.1, -0.05) is 48.0 Å². The molecule has 168 valence electrons. The van der Waals surface area contributed by atoms with Gasteiger partial charge in [0.2, 0.25) is 0 Å². The molecule has 5 nitrogen and oxygen atoms in total. The van der Waals surface area contributed by atoms with Gasteiger partial charge >= 0.3 is 5.97 Å². The van der Waals surface area contributed by atoms with Crippen molar-refractivity contribution >= 4 is 36.9 Å². The van der Waals surface area contributed by atoms with Gasteiger partial charge in [-0.3, -0.25) is 4.90 Å². The van der Waals surface area contributed by atoms with Crippen molar-refractivity contribution < 1.29 is 9.90 Å². The van der Waals surface area contributed by atoms with Crippen LogP contribution in [0.15, 0.2) is 54.2 Å². The van der Waals surface area contributed by atoms with E-state index in [2.05, 4.69) is 58.5 Å². The molecule has 31 heavy (non-hydrogen) atoms. The van der Waals surface area contributed by atoms with Crippen LogP contribution in [0, 0.1) is 5.92 Å². The summed E-state index contributed by atoms with van der Waals surface area (Å²) in [4.78, 5) is 17.4. The highest BCUT2D eigenvalue weighted by Gasteiger charge is 2.39. The number of nitrogens with zero attached hydrogens (tertiary/aromatic N) is 2. The smallest absolute Gasteiger partial charge is 0.354 e. The Morgan fingerprint density at radius 2 is 1.87 bits per heavy atom. The number of carboxylic acids is 1. The molecule has 2 aliphatic rings. The SMILES string of the molecule is C/C(=C\c1ccccc1)[C@@H]1C[C@H]1NC1CCN(Cc2ccc(C(=O)O)nc2)CC1.Cl.Cl. The third-order valence-electron chi connectivity index (χ3n) is 6.06. The zero-order chi connectivity index (χ0) is 20.2. The van der Waals surface area contributed by atoms with Crippen molar-refractivity contribution in [3.8, 4) is 0 Å². The van der Waals surface area contributed by atoms with Crippen LogP contribution in [0.3, 0.4) is 0 Å². The highest BCUT2D eigenvalue weighted by molar-refractivity contribution is 5.86. The van der Waals surface area contributed by atoms with Crippen LogP contribution < -0.4 is 5.32 Å². The minimum Gasteiger partial charge on any atom is -0.477 e. The first-order valence-electron chi connectivity index (χ1n) is 10.5. The molecule has 0 bridgehead atoms. The Hall–Kier alpha value is -1.92. The largest absolute Gasteiger partial charge is 0.477 e. The number of hydrogen-bond donors (Lipinski definition) is 2. The molecule has 0 spiro atoms. The van der Waals surface area contributed by atoms with Crippen LogP contribution in [0.25, 0.3) is 6.08 Å². The highest BCUT2D eigenvalue weighted by atomic mass is 35.5. The Balaban J connectivity index is 0.00000171. The number of carboxylic acid groups (broad SMARTS) is 1. The zero-order valence-electron chi connectivity index (χ0n) is 17.7. The summed E-state index contributed by atoms with van der Waals surface area (Å²) in [7, 11) is 0.